The highest BCUT2D eigenvalue weighted by molar-refractivity contribution is 7.89. The molecular formula is C22H24N4O3S. The fourth-order valence-electron chi connectivity index (χ4n) is 3.51. The summed E-state index contributed by atoms with van der Waals surface area (Å²) in [4.78, 5) is 13.0. The van der Waals surface area contributed by atoms with Gasteiger partial charge >= 0.3 is 0 Å². The quantitative estimate of drug-likeness (QED) is 0.568. The summed E-state index contributed by atoms with van der Waals surface area (Å²) < 4.78 is 19.2. The summed E-state index contributed by atoms with van der Waals surface area (Å²) in [5.41, 5.74) is 4.28. The van der Waals surface area contributed by atoms with Crippen LogP contribution in [-0.4, -0.2) is 33.5 Å². The standard InChI is InChI=1S/C22H24N4O3S/c1-2-15-5-3-4-6-16(15)9-22(27)25-18-7-8-20(21(10-18)30(23)28)17-11-24-26(12-17)19-13-29-14-19/h3-8,10-12,19H,2,9,13-14,23H2,1H3,(H,25,27). The van der Waals surface area contributed by atoms with Gasteiger partial charge in [-0.2, -0.15) is 5.10 Å². The number of amides is 1. The number of aromatic nitrogens is 2. The summed E-state index contributed by atoms with van der Waals surface area (Å²) in [6, 6.07) is 13.4. The van der Waals surface area contributed by atoms with Crippen molar-refractivity contribution in [2.45, 2.75) is 30.7 Å². The second-order valence-corrected chi connectivity index (χ2v) is 8.29. The average Bonchev–Trinajstić information content (AvgIpc) is 3.16. The van der Waals surface area contributed by atoms with E-state index in [1.807, 2.05) is 41.2 Å². The highest BCUT2D eigenvalue weighted by Gasteiger charge is 2.23. The molecule has 1 amide bonds. The molecule has 1 unspecified atom stereocenters. The molecular weight excluding hydrogens is 400 g/mol. The van der Waals surface area contributed by atoms with E-state index in [2.05, 4.69) is 17.3 Å². The van der Waals surface area contributed by atoms with E-state index in [4.69, 9.17) is 9.88 Å². The largest absolute Gasteiger partial charge is 0.593 e. The van der Waals surface area contributed by atoms with Crippen molar-refractivity contribution in [2.24, 2.45) is 5.14 Å². The lowest BCUT2D eigenvalue weighted by molar-refractivity contribution is -0.115. The van der Waals surface area contributed by atoms with Gasteiger partial charge in [-0.25, -0.2) is 0 Å². The van der Waals surface area contributed by atoms with Gasteiger partial charge in [-0.3, -0.25) is 9.48 Å². The molecule has 1 aliphatic heterocycles. The van der Waals surface area contributed by atoms with Crippen LogP contribution in [0.5, 0.6) is 0 Å². The van der Waals surface area contributed by atoms with Crippen molar-refractivity contribution in [3.8, 4) is 11.1 Å². The number of aryl methyl sites for hydroxylation is 1. The molecule has 30 heavy (non-hydrogen) atoms. The van der Waals surface area contributed by atoms with Crippen LogP contribution in [0, 0.1) is 0 Å². The number of carbonyl (C=O) groups is 1. The zero-order chi connectivity index (χ0) is 21.1. The first kappa shape index (κ1) is 20.6. The maximum Gasteiger partial charge on any atom is 0.228 e. The van der Waals surface area contributed by atoms with Crippen LogP contribution in [0.1, 0.15) is 24.1 Å². The van der Waals surface area contributed by atoms with Crippen molar-refractivity contribution in [1.82, 2.24) is 9.78 Å². The van der Waals surface area contributed by atoms with Crippen molar-refractivity contribution in [2.75, 3.05) is 18.5 Å². The third-order valence-electron chi connectivity index (χ3n) is 5.24. The molecule has 0 saturated carbocycles. The zero-order valence-corrected chi connectivity index (χ0v) is 17.5. The first-order valence-corrected chi connectivity index (χ1v) is 11.1. The predicted molar refractivity (Wildman–Crippen MR) is 116 cm³/mol. The van der Waals surface area contributed by atoms with E-state index in [0.29, 0.717) is 23.8 Å². The normalized spacial score (nSPS) is 14.9. The number of anilines is 1. The van der Waals surface area contributed by atoms with E-state index < -0.39 is 11.4 Å². The van der Waals surface area contributed by atoms with Gasteiger partial charge in [0.2, 0.25) is 5.91 Å². The SMILES string of the molecule is CCc1ccccc1CC(=O)Nc1ccc(-c2cnn(C3COC3)c2)c([S+](N)[O-])c1. The fraction of sp³-hybridized carbons (Fsp3) is 0.273. The van der Waals surface area contributed by atoms with Crippen LogP contribution in [0.15, 0.2) is 59.8 Å². The number of nitrogens with one attached hydrogen (secondary N) is 1. The van der Waals surface area contributed by atoms with E-state index in [1.54, 1.807) is 18.3 Å². The van der Waals surface area contributed by atoms with Crippen LogP contribution in [0.3, 0.4) is 0 Å². The Morgan fingerprint density at radius 2 is 2.07 bits per heavy atom. The second kappa shape index (κ2) is 9.01. The third-order valence-corrected chi connectivity index (χ3v) is 6.01. The molecule has 0 bridgehead atoms. The van der Waals surface area contributed by atoms with Gasteiger partial charge in [0.25, 0.3) is 0 Å². The Hall–Kier alpha value is -2.65. The molecule has 1 aromatic heterocycles. The Morgan fingerprint density at radius 3 is 2.73 bits per heavy atom. The number of rotatable bonds is 7. The molecule has 156 valence electrons. The molecule has 0 radical (unpaired) electrons. The van der Waals surface area contributed by atoms with Crippen molar-refractivity contribution in [3.05, 3.63) is 66.0 Å². The monoisotopic (exact) mass is 424 g/mol. The van der Waals surface area contributed by atoms with Gasteiger partial charge in [0.1, 0.15) is 0 Å². The molecule has 1 atom stereocenters. The number of nitrogens with zero attached hydrogens (tertiary/aromatic N) is 2. The number of benzene rings is 2. The van der Waals surface area contributed by atoms with E-state index in [1.165, 1.54) is 0 Å². The van der Waals surface area contributed by atoms with Gasteiger partial charge < -0.3 is 14.6 Å². The van der Waals surface area contributed by atoms with E-state index in [0.717, 1.165) is 28.7 Å². The number of nitrogens with two attached hydrogens (primary N) is 1. The van der Waals surface area contributed by atoms with Crippen LogP contribution in [0.2, 0.25) is 0 Å². The van der Waals surface area contributed by atoms with Gasteiger partial charge in [-0.05, 0) is 29.7 Å². The van der Waals surface area contributed by atoms with E-state index in [9.17, 15) is 9.35 Å². The smallest absolute Gasteiger partial charge is 0.228 e. The zero-order valence-electron chi connectivity index (χ0n) is 16.7. The third kappa shape index (κ3) is 4.41. The Bertz CT molecular complexity index is 1050. The maximum absolute atomic E-state index is 12.6. The number of hydrogen-bond acceptors (Lipinski definition) is 5. The number of carbonyl (C=O) groups excluding carboxylic acids is 1. The molecule has 8 heteroatoms. The Balaban J connectivity index is 1.52. The van der Waals surface area contributed by atoms with Crippen molar-refractivity contribution < 1.29 is 14.1 Å². The molecule has 2 aromatic carbocycles. The second-order valence-electron chi connectivity index (χ2n) is 7.26. The van der Waals surface area contributed by atoms with Gasteiger partial charge in [0.05, 0.1) is 43.2 Å². The molecule has 4 rings (SSSR count). The Kier molecular flexibility index (Phi) is 6.19. The molecule has 1 aliphatic rings. The van der Waals surface area contributed by atoms with Crippen molar-refractivity contribution in [1.29, 1.82) is 0 Å². The summed E-state index contributed by atoms with van der Waals surface area (Å²) >= 11 is -1.71. The molecule has 7 nitrogen and oxygen atoms in total. The predicted octanol–water partition coefficient (Wildman–Crippen LogP) is 2.85. The van der Waals surface area contributed by atoms with Crippen LogP contribution >= 0.6 is 0 Å². The molecule has 1 saturated heterocycles. The van der Waals surface area contributed by atoms with Gasteiger partial charge in [-0.15, -0.1) is 5.14 Å². The van der Waals surface area contributed by atoms with Gasteiger partial charge in [-0.1, -0.05) is 31.2 Å². The maximum atomic E-state index is 12.6. The molecule has 3 aromatic rings. The number of ether oxygens (including phenoxy) is 1. The van der Waals surface area contributed by atoms with Gasteiger partial charge in [0.15, 0.2) is 4.90 Å². The molecule has 2 heterocycles. The minimum absolute atomic E-state index is 0.129. The minimum atomic E-state index is -1.71. The first-order chi connectivity index (χ1) is 14.5. The lowest BCUT2D eigenvalue weighted by Gasteiger charge is -2.25. The lowest BCUT2D eigenvalue weighted by Crippen LogP contribution is -2.30. The Labute approximate surface area is 178 Å². The summed E-state index contributed by atoms with van der Waals surface area (Å²) in [7, 11) is 0. The highest BCUT2D eigenvalue weighted by atomic mass is 32.2. The van der Waals surface area contributed by atoms with E-state index >= 15 is 0 Å². The number of hydrogen-bond donors (Lipinski definition) is 2. The molecule has 0 aliphatic carbocycles. The summed E-state index contributed by atoms with van der Waals surface area (Å²) in [5.74, 6) is -0.129. The van der Waals surface area contributed by atoms with Crippen molar-refractivity contribution in [3.63, 3.8) is 0 Å². The van der Waals surface area contributed by atoms with Crippen LogP contribution in [0.4, 0.5) is 5.69 Å². The van der Waals surface area contributed by atoms with E-state index in [-0.39, 0.29) is 18.4 Å². The van der Waals surface area contributed by atoms with Crippen LogP contribution < -0.4 is 10.5 Å². The van der Waals surface area contributed by atoms with Crippen LogP contribution in [0.25, 0.3) is 11.1 Å². The average molecular weight is 425 g/mol. The van der Waals surface area contributed by atoms with Crippen LogP contribution in [-0.2, 0) is 33.7 Å². The fourth-order valence-corrected chi connectivity index (χ4v) is 4.16. The lowest BCUT2D eigenvalue weighted by atomic mass is 10.0. The van der Waals surface area contributed by atoms with Crippen molar-refractivity contribution >= 4 is 23.0 Å². The molecule has 1 fully saturated rings. The summed E-state index contributed by atoms with van der Waals surface area (Å²) in [5, 5.41) is 13.0. The first-order valence-electron chi connectivity index (χ1n) is 9.84. The topological polar surface area (TPSA) is 105 Å². The summed E-state index contributed by atoms with van der Waals surface area (Å²) in [6.45, 7) is 3.35. The molecule has 0 spiro atoms. The summed E-state index contributed by atoms with van der Waals surface area (Å²) in [6.07, 6.45) is 4.78. The van der Waals surface area contributed by atoms with Gasteiger partial charge in [0, 0.05) is 29.1 Å². The Morgan fingerprint density at radius 1 is 1.30 bits per heavy atom. The molecule has 3 N–H and O–H groups in total. The minimum Gasteiger partial charge on any atom is -0.593 e. The highest BCUT2D eigenvalue weighted by Crippen LogP contribution is 2.30.